The molecule has 0 radical (unpaired) electrons. The van der Waals surface area contributed by atoms with E-state index >= 15 is 0 Å². The van der Waals surface area contributed by atoms with Crippen molar-refractivity contribution in [2.24, 2.45) is 5.73 Å². The fraction of sp³-hybridized carbons (Fsp3) is 0. The van der Waals surface area contributed by atoms with Crippen LogP contribution in [0.15, 0.2) is 13.8 Å². The number of nitrogens with two attached hydrogens (primary N) is 1. The van der Waals surface area contributed by atoms with E-state index in [1.54, 1.807) is 0 Å². The molecule has 0 aliphatic carbocycles. The molecule has 0 bridgehead atoms. The first-order valence-corrected chi connectivity index (χ1v) is 1.74. The molecule has 0 aliphatic heterocycles. The molecule has 5 N–H and O–H groups in total. The molecule has 7 heteroatoms. The van der Waals surface area contributed by atoms with Crippen LogP contribution in [-0.2, 0) is 0 Å². The minimum atomic E-state index is -0.847. The second-order valence-electron chi connectivity index (χ2n) is 1.07. The number of hydrogen-bond acceptors (Lipinski definition) is 4. The first kappa shape index (κ1) is 7.50. The van der Waals surface area contributed by atoms with Gasteiger partial charge in [0, 0.05) is 4.91 Å². The lowest BCUT2D eigenvalue weighted by Crippen LogP contribution is -2.28. The van der Waals surface area contributed by atoms with Gasteiger partial charge in [-0.05, 0) is 0 Å². The van der Waals surface area contributed by atoms with Crippen LogP contribution >= 0.6 is 0 Å². The lowest BCUT2D eigenvalue weighted by molar-refractivity contribution is -0.0288. The van der Waals surface area contributed by atoms with Crippen LogP contribution in [0.3, 0.4) is 0 Å². The van der Waals surface area contributed by atoms with Gasteiger partial charge in [0.2, 0.25) is 0 Å². The Morgan fingerprint density at radius 1 is 1.67 bits per heavy atom. The standard InChI is InChI=1S/C2H3N3O3.H2O/c3-1(4)5-7-2(6)8-5;/h(H3,3,4);1H2. The molecule has 0 aliphatic rings. The second kappa shape index (κ2) is 2.18. The highest BCUT2D eigenvalue weighted by Gasteiger charge is 2.02. The Morgan fingerprint density at radius 3 is 2.22 bits per heavy atom. The first-order chi connectivity index (χ1) is 3.70. The number of nitrogens with one attached hydrogen (secondary N) is 1. The minimum Gasteiger partial charge on any atom is -0.412 e. The highest BCUT2D eigenvalue weighted by Crippen LogP contribution is 1.75. The lowest BCUT2D eigenvalue weighted by Gasteiger charge is -1.96. The van der Waals surface area contributed by atoms with Crippen molar-refractivity contribution in [1.29, 1.82) is 5.41 Å². The molecular weight excluding hydrogens is 130 g/mol. The van der Waals surface area contributed by atoms with Crippen LogP contribution in [0.1, 0.15) is 0 Å². The van der Waals surface area contributed by atoms with E-state index in [1.165, 1.54) is 0 Å². The molecule has 0 spiro atoms. The third-order valence-electron chi connectivity index (χ3n) is 0.512. The van der Waals surface area contributed by atoms with Crippen molar-refractivity contribution in [2.45, 2.75) is 0 Å². The molecule has 0 atom stereocenters. The normalized spacial score (nSPS) is 8.44. The molecule has 1 aromatic heterocycles. The summed E-state index contributed by atoms with van der Waals surface area (Å²) >= 11 is 0. The topological polar surface area (TPSA) is 130 Å². The van der Waals surface area contributed by atoms with E-state index in [-0.39, 0.29) is 5.48 Å². The van der Waals surface area contributed by atoms with Crippen molar-refractivity contribution in [2.75, 3.05) is 0 Å². The van der Waals surface area contributed by atoms with Crippen LogP contribution in [0.4, 0.5) is 0 Å². The maximum atomic E-state index is 9.78. The molecule has 1 heterocycles. The monoisotopic (exact) mass is 135 g/mol. The van der Waals surface area contributed by atoms with Crippen molar-refractivity contribution < 1.29 is 14.5 Å². The summed E-state index contributed by atoms with van der Waals surface area (Å²) in [5.41, 5.74) is 4.77. The van der Waals surface area contributed by atoms with Crippen LogP contribution in [0.5, 0.6) is 0 Å². The number of rotatable bonds is 0. The number of nitrogens with zero attached hydrogens (tertiary/aromatic N) is 1. The van der Waals surface area contributed by atoms with Crippen LogP contribution in [-0.4, -0.2) is 16.3 Å². The minimum absolute atomic E-state index is 0. The fourth-order valence-corrected chi connectivity index (χ4v) is 0.241. The molecule has 0 saturated heterocycles. The van der Waals surface area contributed by atoms with Crippen LogP contribution < -0.4 is 11.6 Å². The zero-order valence-corrected chi connectivity index (χ0v) is 4.25. The molecular formula is C2H5N3O4. The Balaban J connectivity index is 0.000000640. The molecule has 0 unspecified atom stereocenters. The van der Waals surface area contributed by atoms with E-state index in [0.29, 0.717) is 4.91 Å². The average Bonchev–Trinajstić information content (AvgIpc) is 1.57. The molecule has 1 rings (SSSR count). The number of hydrogen-bond donors (Lipinski definition) is 2. The zero-order valence-electron chi connectivity index (χ0n) is 4.25. The van der Waals surface area contributed by atoms with Crippen LogP contribution in [0.2, 0.25) is 0 Å². The van der Waals surface area contributed by atoms with Crippen LogP contribution in [0.25, 0.3) is 0 Å². The maximum Gasteiger partial charge on any atom is 0.564 e. The summed E-state index contributed by atoms with van der Waals surface area (Å²) in [4.78, 5) is 10.3. The van der Waals surface area contributed by atoms with Crippen molar-refractivity contribution in [3.63, 3.8) is 0 Å². The third-order valence-corrected chi connectivity index (χ3v) is 0.512. The van der Waals surface area contributed by atoms with Gasteiger partial charge in [-0.2, -0.15) is 4.79 Å². The highest BCUT2D eigenvalue weighted by atomic mass is 16.8. The quantitative estimate of drug-likeness (QED) is 0.313. The van der Waals surface area contributed by atoms with E-state index < -0.39 is 11.8 Å². The van der Waals surface area contributed by atoms with Crippen LogP contribution in [0, 0.1) is 5.41 Å². The van der Waals surface area contributed by atoms with Gasteiger partial charge < -0.3 is 11.2 Å². The first-order valence-electron chi connectivity index (χ1n) is 1.74. The predicted octanol–water partition coefficient (Wildman–Crippen LogP) is -2.05. The molecule has 0 amide bonds. The third kappa shape index (κ3) is 1.19. The summed E-state index contributed by atoms with van der Waals surface area (Å²) in [6, 6.07) is 0. The molecule has 9 heavy (non-hydrogen) atoms. The van der Waals surface area contributed by atoms with Gasteiger partial charge in [0.05, 0.1) is 0 Å². The van der Waals surface area contributed by atoms with E-state index in [9.17, 15) is 4.79 Å². The predicted molar refractivity (Wildman–Crippen MR) is 26.2 cm³/mol. The summed E-state index contributed by atoms with van der Waals surface area (Å²) < 4.78 is 8.05. The smallest absolute Gasteiger partial charge is 0.412 e. The van der Waals surface area contributed by atoms with E-state index in [4.69, 9.17) is 11.1 Å². The van der Waals surface area contributed by atoms with Gasteiger partial charge in [-0.25, -0.2) is 0 Å². The average molecular weight is 135 g/mol. The van der Waals surface area contributed by atoms with Crippen molar-refractivity contribution in [3.05, 3.63) is 10.6 Å². The van der Waals surface area contributed by atoms with E-state index in [0.717, 1.165) is 0 Å². The lowest BCUT2D eigenvalue weighted by atomic mass is 11.1. The van der Waals surface area contributed by atoms with Gasteiger partial charge in [0.25, 0.3) is 5.96 Å². The Bertz CT molecular complexity index is 226. The van der Waals surface area contributed by atoms with Gasteiger partial charge in [0.1, 0.15) is 0 Å². The molecule has 0 saturated carbocycles. The highest BCUT2D eigenvalue weighted by molar-refractivity contribution is 5.73. The van der Waals surface area contributed by atoms with Gasteiger partial charge in [-0.15, -0.1) is 0 Å². The van der Waals surface area contributed by atoms with Crippen molar-refractivity contribution in [1.82, 2.24) is 4.91 Å². The Morgan fingerprint density at radius 2 is 2.11 bits per heavy atom. The number of aromatic nitrogens is 1. The van der Waals surface area contributed by atoms with Gasteiger partial charge in [-0.3, -0.25) is 14.5 Å². The summed E-state index contributed by atoms with van der Waals surface area (Å²) in [6.07, 6.45) is 0. The second-order valence-corrected chi connectivity index (χ2v) is 1.07. The van der Waals surface area contributed by atoms with E-state index in [2.05, 4.69) is 9.05 Å². The summed E-state index contributed by atoms with van der Waals surface area (Å²) in [7, 11) is 0. The van der Waals surface area contributed by atoms with Crippen molar-refractivity contribution in [3.8, 4) is 0 Å². The van der Waals surface area contributed by atoms with E-state index in [1.807, 2.05) is 0 Å². The molecule has 0 aromatic carbocycles. The Labute approximate surface area is 48.4 Å². The SMILES string of the molecule is N=C(N)n1oc(=O)o1.O. The largest absolute Gasteiger partial charge is 0.564 e. The molecule has 52 valence electrons. The Kier molecular flexibility index (Phi) is 1.82. The van der Waals surface area contributed by atoms with Gasteiger partial charge in [-0.1, -0.05) is 0 Å². The fourth-order valence-electron chi connectivity index (χ4n) is 0.241. The maximum absolute atomic E-state index is 9.78. The summed E-state index contributed by atoms with van der Waals surface area (Å²) in [5, 5.41) is 6.54. The summed E-state index contributed by atoms with van der Waals surface area (Å²) in [5.74, 6) is -1.30. The molecule has 0 fully saturated rings. The van der Waals surface area contributed by atoms with Gasteiger partial charge in [0.15, 0.2) is 0 Å². The zero-order chi connectivity index (χ0) is 6.15. The number of nitrogen functional groups attached to an aromatic ring is 1. The summed E-state index contributed by atoms with van der Waals surface area (Å²) in [6.45, 7) is 0. The molecule has 1 aromatic rings. The van der Waals surface area contributed by atoms with Gasteiger partial charge >= 0.3 is 5.82 Å². The van der Waals surface area contributed by atoms with Crippen molar-refractivity contribution >= 4 is 5.96 Å². The molecule has 7 nitrogen and oxygen atoms in total. The Hall–Kier alpha value is -1.50.